The van der Waals surface area contributed by atoms with Gasteiger partial charge in [-0.3, -0.25) is 4.79 Å². The highest BCUT2D eigenvalue weighted by Gasteiger charge is 2.20. The minimum Gasteiger partial charge on any atom is -0.399 e. The van der Waals surface area contributed by atoms with Gasteiger partial charge in [0.1, 0.15) is 0 Å². The molecule has 1 aliphatic carbocycles. The molecule has 2 N–H and O–H groups in total. The smallest absolute Gasteiger partial charge is 0.226 e. The van der Waals surface area contributed by atoms with Crippen LogP contribution in [0.3, 0.4) is 0 Å². The minimum absolute atomic E-state index is 0.219. The highest BCUT2D eigenvalue weighted by Crippen LogP contribution is 2.21. The fourth-order valence-corrected chi connectivity index (χ4v) is 2.78. The van der Waals surface area contributed by atoms with Gasteiger partial charge in [-0.25, -0.2) is 0 Å². The summed E-state index contributed by atoms with van der Waals surface area (Å²) in [7, 11) is 1.95. The predicted octanol–water partition coefficient (Wildman–Crippen LogP) is 2.99. The summed E-state index contributed by atoms with van der Waals surface area (Å²) in [6, 6.07) is 8.02. The molecule has 0 heterocycles. The van der Waals surface area contributed by atoms with Crippen LogP contribution in [0.1, 0.15) is 44.1 Å². The van der Waals surface area contributed by atoms with Crippen LogP contribution in [0.25, 0.3) is 0 Å². The molecule has 2 rings (SSSR count). The van der Waals surface area contributed by atoms with Gasteiger partial charge in [-0.1, -0.05) is 37.8 Å². The zero-order valence-corrected chi connectivity index (χ0v) is 11.8. The van der Waals surface area contributed by atoms with Crippen LogP contribution < -0.4 is 5.73 Å². The molecule has 0 aromatic heterocycles. The number of amides is 1. The molecule has 0 aliphatic heterocycles. The average Bonchev–Trinajstić information content (AvgIpc) is 2.69. The maximum absolute atomic E-state index is 12.3. The summed E-state index contributed by atoms with van der Waals surface area (Å²) in [5.41, 5.74) is 7.44. The Morgan fingerprint density at radius 2 is 1.74 bits per heavy atom. The number of carbonyl (C=O) groups is 1. The van der Waals surface area contributed by atoms with Crippen LogP contribution >= 0.6 is 0 Å². The van der Waals surface area contributed by atoms with Gasteiger partial charge in [-0.05, 0) is 30.5 Å². The lowest BCUT2D eigenvalue weighted by Crippen LogP contribution is -2.37. The number of rotatable bonds is 3. The summed E-state index contributed by atoms with van der Waals surface area (Å²) >= 11 is 0. The number of anilines is 1. The highest BCUT2D eigenvalue weighted by molar-refractivity contribution is 5.79. The van der Waals surface area contributed by atoms with Gasteiger partial charge >= 0.3 is 0 Å². The monoisotopic (exact) mass is 260 g/mol. The van der Waals surface area contributed by atoms with E-state index < -0.39 is 0 Å². The van der Waals surface area contributed by atoms with E-state index in [0.29, 0.717) is 12.5 Å². The van der Waals surface area contributed by atoms with Gasteiger partial charge in [0.2, 0.25) is 5.91 Å². The molecule has 0 spiro atoms. The maximum atomic E-state index is 12.3. The van der Waals surface area contributed by atoms with Gasteiger partial charge in [-0.15, -0.1) is 0 Å². The first-order valence-electron chi connectivity index (χ1n) is 7.27. The molecule has 0 bridgehead atoms. The summed E-state index contributed by atoms with van der Waals surface area (Å²) in [6.45, 7) is 0. The second-order valence-corrected chi connectivity index (χ2v) is 5.57. The Morgan fingerprint density at radius 3 is 2.32 bits per heavy atom. The van der Waals surface area contributed by atoms with Crippen LogP contribution in [0, 0.1) is 0 Å². The van der Waals surface area contributed by atoms with Gasteiger partial charge in [0, 0.05) is 18.8 Å². The van der Waals surface area contributed by atoms with Crippen molar-refractivity contribution in [2.24, 2.45) is 0 Å². The third-order valence-electron chi connectivity index (χ3n) is 4.10. The lowest BCUT2D eigenvalue weighted by atomic mass is 10.1. The molecule has 3 heteroatoms. The standard InChI is InChI=1S/C16H24N2O/c1-18(15-6-4-2-3-5-7-15)16(19)12-13-8-10-14(17)11-9-13/h8-11,15H,2-7,12,17H2,1H3. The summed E-state index contributed by atoms with van der Waals surface area (Å²) in [5, 5.41) is 0. The zero-order chi connectivity index (χ0) is 13.7. The maximum Gasteiger partial charge on any atom is 0.226 e. The second-order valence-electron chi connectivity index (χ2n) is 5.57. The first kappa shape index (κ1) is 13.9. The first-order valence-corrected chi connectivity index (χ1v) is 7.27. The van der Waals surface area contributed by atoms with Crippen LogP contribution in [-0.2, 0) is 11.2 Å². The topological polar surface area (TPSA) is 46.3 Å². The van der Waals surface area contributed by atoms with Crippen molar-refractivity contribution in [2.75, 3.05) is 12.8 Å². The third kappa shape index (κ3) is 3.98. The summed E-state index contributed by atoms with van der Waals surface area (Å²) in [5.74, 6) is 0.219. The quantitative estimate of drug-likeness (QED) is 0.671. The number of benzene rings is 1. The Bertz CT molecular complexity index is 405. The van der Waals surface area contributed by atoms with Gasteiger partial charge in [-0.2, -0.15) is 0 Å². The van der Waals surface area contributed by atoms with Crippen molar-refractivity contribution in [1.82, 2.24) is 4.90 Å². The number of nitrogens with two attached hydrogens (primary N) is 1. The van der Waals surface area contributed by atoms with Crippen molar-refractivity contribution >= 4 is 11.6 Å². The molecule has 0 radical (unpaired) electrons. The molecule has 1 amide bonds. The van der Waals surface area contributed by atoms with Crippen LogP contribution in [0.2, 0.25) is 0 Å². The van der Waals surface area contributed by atoms with E-state index >= 15 is 0 Å². The molecule has 1 aromatic rings. The van der Waals surface area contributed by atoms with Crippen molar-refractivity contribution in [3.05, 3.63) is 29.8 Å². The van der Waals surface area contributed by atoms with E-state index in [9.17, 15) is 4.79 Å². The van der Waals surface area contributed by atoms with Crippen molar-refractivity contribution in [3.63, 3.8) is 0 Å². The van der Waals surface area contributed by atoms with Crippen LogP contribution in [0.4, 0.5) is 5.69 Å². The molecule has 1 fully saturated rings. The van der Waals surface area contributed by atoms with Gasteiger partial charge in [0.15, 0.2) is 0 Å². The number of nitrogen functional groups attached to an aromatic ring is 1. The Labute approximate surface area is 115 Å². The van der Waals surface area contributed by atoms with Crippen LogP contribution in [0.15, 0.2) is 24.3 Å². The van der Waals surface area contributed by atoms with Crippen molar-refractivity contribution in [3.8, 4) is 0 Å². The Morgan fingerprint density at radius 1 is 1.16 bits per heavy atom. The molecule has 104 valence electrons. The van der Waals surface area contributed by atoms with E-state index in [0.717, 1.165) is 24.1 Å². The number of hydrogen-bond donors (Lipinski definition) is 1. The second kappa shape index (κ2) is 6.60. The molecular weight excluding hydrogens is 236 g/mol. The van der Waals surface area contributed by atoms with E-state index in [1.807, 2.05) is 36.2 Å². The predicted molar refractivity (Wildman–Crippen MR) is 78.8 cm³/mol. The Kier molecular flexibility index (Phi) is 4.83. The summed E-state index contributed by atoms with van der Waals surface area (Å²) < 4.78 is 0. The highest BCUT2D eigenvalue weighted by atomic mass is 16.2. The molecule has 0 unspecified atom stereocenters. The lowest BCUT2D eigenvalue weighted by molar-refractivity contribution is -0.131. The molecule has 3 nitrogen and oxygen atoms in total. The van der Waals surface area contributed by atoms with E-state index in [-0.39, 0.29) is 5.91 Å². The van der Waals surface area contributed by atoms with Gasteiger partial charge in [0.05, 0.1) is 6.42 Å². The fourth-order valence-electron chi connectivity index (χ4n) is 2.78. The van der Waals surface area contributed by atoms with Crippen molar-refractivity contribution in [1.29, 1.82) is 0 Å². The first-order chi connectivity index (χ1) is 9.16. The summed E-state index contributed by atoms with van der Waals surface area (Å²) in [4.78, 5) is 14.3. The normalized spacial score (nSPS) is 16.9. The van der Waals surface area contributed by atoms with Crippen molar-refractivity contribution in [2.45, 2.75) is 51.0 Å². The van der Waals surface area contributed by atoms with E-state index in [1.54, 1.807) is 0 Å². The molecule has 19 heavy (non-hydrogen) atoms. The molecular formula is C16H24N2O. The fraction of sp³-hybridized carbons (Fsp3) is 0.562. The van der Waals surface area contributed by atoms with Crippen molar-refractivity contribution < 1.29 is 4.79 Å². The molecule has 1 aliphatic rings. The number of nitrogens with zero attached hydrogens (tertiary/aromatic N) is 1. The van der Waals surface area contributed by atoms with E-state index in [1.165, 1.54) is 25.7 Å². The number of carbonyl (C=O) groups excluding carboxylic acids is 1. The average molecular weight is 260 g/mol. The molecule has 0 saturated heterocycles. The Balaban J connectivity index is 1.92. The summed E-state index contributed by atoms with van der Waals surface area (Å²) in [6.07, 6.45) is 7.93. The molecule has 1 saturated carbocycles. The minimum atomic E-state index is 0.219. The van der Waals surface area contributed by atoms with E-state index in [2.05, 4.69) is 0 Å². The number of likely N-dealkylation sites (N-methyl/N-ethyl adjacent to an activating group) is 1. The zero-order valence-electron chi connectivity index (χ0n) is 11.8. The van der Waals surface area contributed by atoms with Gasteiger partial charge in [0.25, 0.3) is 0 Å². The largest absolute Gasteiger partial charge is 0.399 e. The number of hydrogen-bond acceptors (Lipinski definition) is 2. The molecule has 0 atom stereocenters. The van der Waals surface area contributed by atoms with Crippen LogP contribution in [-0.4, -0.2) is 23.9 Å². The van der Waals surface area contributed by atoms with Crippen LogP contribution in [0.5, 0.6) is 0 Å². The Hall–Kier alpha value is -1.51. The SMILES string of the molecule is CN(C(=O)Cc1ccc(N)cc1)C1CCCCCC1. The molecule has 1 aromatic carbocycles. The van der Waals surface area contributed by atoms with Gasteiger partial charge < -0.3 is 10.6 Å². The third-order valence-corrected chi connectivity index (χ3v) is 4.10. The van der Waals surface area contributed by atoms with E-state index in [4.69, 9.17) is 5.73 Å². The lowest BCUT2D eigenvalue weighted by Gasteiger charge is -2.27.